The van der Waals surface area contributed by atoms with Gasteiger partial charge in [0.2, 0.25) is 0 Å². The first kappa shape index (κ1) is 21.2. The van der Waals surface area contributed by atoms with Crippen LogP contribution in [0.5, 0.6) is 5.75 Å². The Morgan fingerprint density at radius 3 is 2.61 bits per heavy atom. The minimum Gasteiger partial charge on any atom is -0.492 e. The lowest BCUT2D eigenvalue weighted by Gasteiger charge is -2.26. The molecule has 4 aromatic rings. The molecule has 0 aliphatic carbocycles. The van der Waals surface area contributed by atoms with E-state index in [0.717, 1.165) is 34.8 Å². The van der Waals surface area contributed by atoms with Crippen molar-refractivity contribution in [3.05, 3.63) is 89.5 Å². The average Bonchev–Trinajstić information content (AvgIpc) is 3.36. The topological polar surface area (TPSA) is 63.2 Å². The van der Waals surface area contributed by atoms with Crippen LogP contribution in [0.25, 0.3) is 28.1 Å². The van der Waals surface area contributed by atoms with Crippen molar-refractivity contribution in [2.75, 3.05) is 26.2 Å². The maximum absolute atomic E-state index is 12.7. The number of likely N-dealkylation sites (tertiary alicyclic amines) is 1. The van der Waals surface area contributed by atoms with E-state index in [4.69, 9.17) is 4.74 Å². The minimum atomic E-state index is -0.148. The predicted molar refractivity (Wildman–Crippen MR) is 131 cm³/mol. The van der Waals surface area contributed by atoms with Gasteiger partial charge in [-0.2, -0.15) is 5.10 Å². The third-order valence-electron chi connectivity index (χ3n) is 6.11. The number of benzene rings is 2. The summed E-state index contributed by atoms with van der Waals surface area (Å²) in [6.07, 6.45) is 7.38. The number of nitrogens with zero attached hydrogens (tertiary/aromatic N) is 3. The van der Waals surface area contributed by atoms with Crippen LogP contribution in [0.4, 0.5) is 0 Å². The van der Waals surface area contributed by atoms with Crippen molar-refractivity contribution in [2.24, 2.45) is 0 Å². The number of nitrogens with one attached hydrogen (secondary N) is 1. The van der Waals surface area contributed by atoms with Crippen LogP contribution in [0.2, 0.25) is 0 Å². The van der Waals surface area contributed by atoms with Crippen LogP contribution in [0.3, 0.4) is 0 Å². The summed E-state index contributed by atoms with van der Waals surface area (Å²) in [5.41, 5.74) is 4.00. The molecule has 3 heterocycles. The number of aromatic amines is 1. The van der Waals surface area contributed by atoms with Crippen LogP contribution in [0, 0.1) is 0 Å². The van der Waals surface area contributed by atoms with Gasteiger partial charge in [0.15, 0.2) is 0 Å². The minimum absolute atomic E-state index is 0.148. The third-order valence-corrected chi connectivity index (χ3v) is 6.11. The molecule has 1 aliphatic rings. The molecular weight excluding hydrogens is 412 g/mol. The van der Waals surface area contributed by atoms with E-state index >= 15 is 0 Å². The second-order valence-corrected chi connectivity index (χ2v) is 8.37. The van der Waals surface area contributed by atoms with Crippen LogP contribution < -0.4 is 10.3 Å². The van der Waals surface area contributed by atoms with Gasteiger partial charge < -0.3 is 9.72 Å². The molecule has 1 saturated heterocycles. The average molecular weight is 441 g/mol. The number of hydrogen-bond acceptors (Lipinski definition) is 4. The normalized spacial score (nSPS) is 14.3. The highest BCUT2D eigenvalue weighted by atomic mass is 16.5. The highest BCUT2D eigenvalue weighted by Crippen LogP contribution is 2.27. The highest BCUT2D eigenvalue weighted by Gasteiger charge is 2.13. The van der Waals surface area contributed by atoms with E-state index in [1.54, 1.807) is 17.1 Å². The van der Waals surface area contributed by atoms with Gasteiger partial charge in [-0.25, -0.2) is 4.68 Å². The predicted octanol–water partition coefficient (Wildman–Crippen LogP) is 4.76. The number of hydrogen-bond donors (Lipinski definition) is 1. The molecule has 2 aromatic heterocycles. The monoisotopic (exact) mass is 440 g/mol. The van der Waals surface area contributed by atoms with Gasteiger partial charge >= 0.3 is 0 Å². The number of piperidine rings is 1. The van der Waals surface area contributed by atoms with Crippen molar-refractivity contribution in [3.63, 3.8) is 0 Å². The first-order valence-electron chi connectivity index (χ1n) is 11.6. The van der Waals surface area contributed by atoms with Gasteiger partial charge in [-0.15, -0.1) is 0 Å². The fourth-order valence-electron chi connectivity index (χ4n) is 4.36. The molecule has 0 spiro atoms. The molecule has 6 nitrogen and oxygen atoms in total. The zero-order chi connectivity index (χ0) is 22.5. The molecular formula is C27H28N4O2. The summed E-state index contributed by atoms with van der Waals surface area (Å²) in [6.45, 7) is 3.97. The second kappa shape index (κ2) is 9.88. The number of ether oxygens (including phenoxy) is 1. The van der Waals surface area contributed by atoms with Crippen LogP contribution in [-0.4, -0.2) is 45.9 Å². The Balaban J connectivity index is 1.37. The molecule has 2 aromatic carbocycles. The lowest BCUT2D eigenvalue weighted by atomic mass is 10.0. The zero-order valence-corrected chi connectivity index (χ0v) is 18.6. The summed E-state index contributed by atoms with van der Waals surface area (Å²) in [4.78, 5) is 18.1. The fraction of sp³-hybridized carbons (Fsp3) is 0.259. The van der Waals surface area contributed by atoms with Crippen molar-refractivity contribution >= 4 is 0 Å². The fourth-order valence-corrected chi connectivity index (χ4v) is 4.36. The maximum Gasteiger partial charge on any atom is 0.257 e. The van der Waals surface area contributed by atoms with Crippen LogP contribution >= 0.6 is 0 Å². The summed E-state index contributed by atoms with van der Waals surface area (Å²) in [7, 11) is 0. The third kappa shape index (κ3) is 4.91. The molecule has 0 amide bonds. The van der Waals surface area contributed by atoms with Crippen molar-refractivity contribution in [2.45, 2.75) is 19.3 Å². The van der Waals surface area contributed by atoms with Gasteiger partial charge in [0, 0.05) is 12.7 Å². The number of H-pyrrole nitrogens is 1. The first-order valence-corrected chi connectivity index (χ1v) is 11.6. The molecule has 1 aliphatic heterocycles. The standard InChI is InChI=1S/C27H28N4O2/c32-27-25(26-12-13-29-31(26)23-9-3-1-4-10-23)19-22(20-28-27)21-8-7-11-24(18-21)33-17-16-30-14-5-2-6-15-30/h1,3-4,7-13,18-20H,2,5-6,14-17H2,(H,28,32). The smallest absolute Gasteiger partial charge is 0.257 e. The van der Waals surface area contributed by atoms with E-state index in [1.807, 2.05) is 66.7 Å². The Morgan fingerprint density at radius 2 is 1.76 bits per heavy atom. The molecule has 0 saturated carbocycles. The molecule has 168 valence electrons. The quantitative estimate of drug-likeness (QED) is 0.450. The van der Waals surface area contributed by atoms with E-state index in [0.29, 0.717) is 12.2 Å². The first-order chi connectivity index (χ1) is 16.3. The maximum atomic E-state index is 12.7. The molecule has 1 N–H and O–H groups in total. The largest absolute Gasteiger partial charge is 0.492 e. The van der Waals surface area contributed by atoms with Gasteiger partial charge in [0.25, 0.3) is 5.56 Å². The molecule has 0 unspecified atom stereocenters. The summed E-state index contributed by atoms with van der Waals surface area (Å²) in [6, 6.07) is 21.6. The molecule has 5 rings (SSSR count). The Morgan fingerprint density at radius 1 is 0.909 bits per heavy atom. The SMILES string of the molecule is O=c1[nH]cc(-c2cccc(OCCN3CCCCC3)c2)cc1-c1ccnn1-c1ccccc1. The summed E-state index contributed by atoms with van der Waals surface area (Å²) in [5, 5.41) is 4.43. The number of pyridine rings is 1. The molecule has 1 fully saturated rings. The highest BCUT2D eigenvalue weighted by molar-refractivity contribution is 5.71. The van der Waals surface area contributed by atoms with Gasteiger partial charge in [0.1, 0.15) is 12.4 Å². The summed E-state index contributed by atoms with van der Waals surface area (Å²) in [5.74, 6) is 0.839. The van der Waals surface area contributed by atoms with Crippen molar-refractivity contribution in [1.29, 1.82) is 0 Å². The lowest BCUT2D eigenvalue weighted by Crippen LogP contribution is -2.33. The van der Waals surface area contributed by atoms with Crippen LogP contribution in [0.15, 0.2) is 83.9 Å². The van der Waals surface area contributed by atoms with Crippen molar-refractivity contribution < 1.29 is 4.74 Å². The van der Waals surface area contributed by atoms with E-state index in [-0.39, 0.29) is 5.56 Å². The molecule has 0 radical (unpaired) electrons. The lowest BCUT2D eigenvalue weighted by molar-refractivity contribution is 0.183. The van der Waals surface area contributed by atoms with Crippen LogP contribution in [0.1, 0.15) is 19.3 Å². The number of para-hydroxylation sites is 1. The van der Waals surface area contributed by atoms with Gasteiger partial charge in [-0.05, 0) is 73.5 Å². The van der Waals surface area contributed by atoms with Gasteiger partial charge in [0.05, 0.1) is 23.1 Å². The number of rotatable bonds is 7. The zero-order valence-electron chi connectivity index (χ0n) is 18.6. The Labute approximate surface area is 193 Å². The second-order valence-electron chi connectivity index (χ2n) is 8.37. The van der Waals surface area contributed by atoms with Gasteiger partial charge in [-0.3, -0.25) is 9.69 Å². The molecule has 33 heavy (non-hydrogen) atoms. The van der Waals surface area contributed by atoms with E-state index in [9.17, 15) is 4.79 Å². The van der Waals surface area contributed by atoms with Crippen molar-refractivity contribution in [1.82, 2.24) is 19.7 Å². The van der Waals surface area contributed by atoms with E-state index in [2.05, 4.69) is 15.0 Å². The Bertz CT molecular complexity index is 1260. The van der Waals surface area contributed by atoms with Crippen LogP contribution in [-0.2, 0) is 0 Å². The summed E-state index contributed by atoms with van der Waals surface area (Å²) >= 11 is 0. The van der Waals surface area contributed by atoms with E-state index < -0.39 is 0 Å². The number of aromatic nitrogens is 3. The Hall–Kier alpha value is -3.64. The molecule has 6 heteroatoms. The summed E-state index contributed by atoms with van der Waals surface area (Å²) < 4.78 is 7.83. The molecule has 0 bridgehead atoms. The Kier molecular flexibility index (Phi) is 6.35. The van der Waals surface area contributed by atoms with E-state index in [1.165, 1.54) is 32.4 Å². The molecule has 0 atom stereocenters. The van der Waals surface area contributed by atoms with Gasteiger partial charge in [-0.1, -0.05) is 36.8 Å². The van der Waals surface area contributed by atoms with Crippen molar-refractivity contribution in [3.8, 4) is 33.8 Å².